The van der Waals surface area contributed by atoms with Crippen LogP contribution in [0.3, 0.4) is 0 Å². The van der Waals surface area contributed by atoms with Gasteiger partial charge in [0, 0.05) is 0 Å². The third-order valence-corrected chi connectivity index (χ3v) is 11.2. The molecule has 0 aromatic heterocycles. The molecule has 214 valence electrons. The molecule has 5 rings (SSSR count). The molecule has 2 nitrogen and oxygen atoms in total. The molecule has 1 saturated heterocycles. The highest BCUT2D eigenvalue weighted by atomic mass is 16.6. The van der Waals surface area contributed by atoms with Gasteiger partial charge in [0.25, 0.3) is 0 Å². The molecule has 1 N–H and O–H groups in total. The van der Waals surface area contributed by atoms with Gasteiger partial charge in [-0.1, -0.05) is 88.5 Å². The first-order valence-electron chi connectivity index (χ1n) is 16.4. The third kappa shape index (κ3) is 7.11. The average molecular weight is 507 g/mol. The topological polar surface area (TPSA) is 32.8 Å². The van der Waals surface area contributed by atoms with Crippen LogP contribution in [0, 0.1) is 52.3 Å². The van der Waals surface area contributed by atoms with E-state index in [0.29, 0.717) is 16.9 Å². The van der Waals surface area contributed by atoms with Gasteiger partial charge in [0.05, 0.1) is 18.8 Å². The van der Waals surface area contributed by atoms with Crippen LogP contribution in [0.1, 0.15) is 146 Å². The van der Waals surface area contributed by atoms with Crippen LogP contribution in [-0.4, -0.2) is 23.9 Å². The molecule has 4 saturated carbocycles. The monoisotopic (exact) mass is 507 g/mol. The van der Waals surface area contributed by atoms with Crippen LogP contribution in [0.5, 0.6) is 0 Å². The fourth-order valence-corrected chi connectivity index (χ4v) is 9.34. The Kier molecular flexibility index (Phi) is 12.8. The lowest BCUT2D eigenvalue weighted by molar-refractivity contribution is -0.129. The van der Waals surface area contributed by atoms with E-state index in [1.54, 1.807) is 0 Å². The van der Waals surface area contributed by atoms with Crippen molar-refractivity contribution in [2.24, 2.45) is 52.3 Å². The van der Waals surface area contributed by atoms with E-state index in [0.717, 1.165) is 60.9 Å². The standard InChI is InChI=1S/C23H38O2.C6H14.C3H8.C2H6/c1-14(21-13-25-21)18-6-7-19-17-5-4-15-12-16(24)8-10-22(15,2)20(17)9-11-23(18,19)3;1-4-5-6(2)3;1-3-2;1-2/h14-21,24H,4-13H2,1-3H3;6H,4-5H2,1-3H3;3H2,1-2H3;1-2H3. The fourth-order valence-electron chi connectivity index (χ4n) is 9.34. The Morgan fingerprint density at radius 3 is 1.94 bits per heavy atom. The van der Waals surface area contributed by atoms with Crippen LogP contribution in [0.25, 0.3) is 0 Å². The fraction of sp³-hybridized carbons (Fsp3) is 1.00. The Morgan fingerprint density at radius 1 is 0.833 bits per heavy atom. The van der Waals surface area contributed by atoms with Crippen LogP contribution in [0.2, 0.25) is 0 Å². The van der Waals surface area contributed by atoms with Crippen molar-refractivity contribution < 1.29 is 9.84 Å². The molecular weight excluding hydrogens is 440 g/mol. The highest BCUT2D eigenvalue weighted by Gasteiger charge is 2.61. The lowest BCUT2D eigenvalue weighted by Gasteiger charge is -2.61. The Bertz CT molecular complexity index is 612. The van der Waals surface area contributed by atoms with Gasteiger partial charge in [-0.15, -0.1) is 0 Å². The van der Waals surface area contributed by atoms with Gasteiger partial charge in [-0.05, 0) is 110 Å². The molecule has 1 heterocycles. The smallest absolute Gasteiger partial charge is 0.0838 e. The van der Waals surface area contributed by atoms with Gasteiger partial charge in [0.2, 0.25) is 0 Å². The van der Waals surface area contributed by atoms with Crippen molar-refractivity contribution >= 4 is 0 Å². The number of epoxide rings is 1. The Morgan fingerprint density at radius 2 is 1.42 bits per heavy atom. The average Bonchev–Trinajstić information content (AvgIpc) is 3.63. The lowest BCUT2D eigenvalue weighted by atomic mass is 9.44. The SMILES string of the molecule is CC.CC(C1CO1)C1CCC2C3CCC4CC(O)CCC4(C)C3CCC12C.CCC.CCCC(C)C. The number of aliphatic hydroxyl groups is 1. The Balaban J connectivity index is 0.000000357. The second-order valence-corrected chi connectivity index (χ2v) is 13.9. The van der Waals surface area contributed by atoms with Crippen LogP contribution in [-0.2, 0) is 4.74 Å². The van der Waals surface area contributed by atoms with E-state index >= 15 is 0 Å². The summed E-state index contributed by atoms with van der Waals surface area (Å²) < 4.78 is 5.69. The summed E-state index contributed by atoms with van der Waals surface area (Å²) in [5.74, 6) is 6.21. The van der Waals surface area contributed by atoms with Gasteiger partial charge >= 0.3 is 0 Å². The first-order valence-corrected chi connectivity index (χ1v) is 16.4. The Labute approximate surface area is 227 Å². The molecule has 4 aliphatic carbocycles. The number of hydrogen-bond donors (Lipinski definition) is 1. The van der Waals surface area contributed by atoms with Crippen molar-refractivity contribution in [3.8, 4) is 0 Å². The zero-order valence-electron chi connectivity index (χ0n) is 26.2. The summed E-state index contributed by atoms with van der Waals surface area (Å²) >= 11 is 0. The van der Waals surface area contributed by atoms with Gasteiger partial charge in [-0.3, -0.25) is 0 Å². The van der Waals surface area contributed by atoms with E-state index < -0.39 is 0 Å². The molecule has 5 fully saturated rings. The molecule has 2 heteroatoms. The van der Waals surface area contributed by atoms with Crippen molar-refractivity contribution in [2.75, 3.05) is 6.61 Å². The molecule has 0 amide bonds. The lowest BCUT2D eigenvalue weighted by Crippen LogP contribution is -2.54. The van der Waals surface area contributed by atoms with Gasteiger partial charge in [0.1, 0.15) is 0 Å². The summed E-state index contributed by atoms with van der Waals surface area (Å²) in [5.41, 5.74) is 1.09. The molecule has 0 aromatic rings. The molecule has 0 aromatic carbocycles. The van der Waals surface area contributed by atoms with Gasteiger partial charge < -0.3 is 9.84 Å². The first kappa shape index (κ1) is 32.1. The first-order chi connectivity index (χ1) is 17.1. The highest BCUT2D eigenvalue weighted by molar-refractivity contribution is 5.10. The summed E-state index contributed by atoms with van der Waals surface area (Å²) in [6, 6.07) is 0. The van der Waals surface area contributed by atoms with E-state index in [-0.39, 0.29) is 6.10 Å². The van der Waals surface area contributed by atoms with Gasteiger partial charge in [-0.2, -0.15) is 0 Å². The van der Waals surface area contributed by atoms with Crippen molar-refractivity contribution in [3.05, 3.63) is 0 Å². The largest absolute Gasteiger partial charge is 0.393 e. The predicted octanol–water partition coefficient (Wildman–Crippen LogP) is 9.93. The quantitative estimate of drug-likeness (QED) is 0.385. The number of rotatable bonds is 4. The highest BCUT2D eigenvalue weighted by Crippen LogP contribution is 2.68. The predicted molar refractivity (Wildman–Crippen MR) is 157 cm³/mol. The van der Waals surface area contributed by atoms with Crippen molar-refractivity contribution in [3.63, 3.8) is 0 Å². The van der Waals surface area contributed by atoms with Crippen LogP contribution in [0.15, 0.2) is 0 Å². The number of aliphatic hydroxyl groups excluding tert-OH is 1. The zero-order valence-corrected chi connectivity index (χ0v) is 26.2. The molecule has 36 heavy (non-hydrogen) atoms. The van der Waals surface area contributed by atoms with E-state index in [1.165, 1.54) is 64.2 Å². The maximum absolute atomic E-state index is 10.2. The van der Waals surface area contributed by atoms with Crippen LogP contribution in [0.4, 0.5) is 0 Å². The number of hydrogen-bond acceptors (Lipinski definition) is 2. The molecule has 0 bridgehead atoms. The molecular formula is C34H66O2. The van der Waals surface area contributed by atoms with Crippen LogP contribution >= 0.6 is 0 Å². The minimum absolute atomic E-state index is 0.0151. The second kappa shape index (κ2) is 14.3. The van der Waals surface area contributed by atoms with Crippen LogP contribution < -0.4 is 0 Å². The minimum atomic E-state index is -0.0151. The molecule has 0 spiro atoms. The maximum Gasteiger partial charge on any atom is 0.0838 e. The van der Waals surface area contributed by atoms with E-state index in [1.807, 2.05) is 13.8 Å². The van der Waals surface area contributed by atoms with Crippen molar-refractivity contribution in [1.29, 1.82) is 0 Å². The molecule has 0 radical (unpaired) electrons. The normalized spacial score (nSPS) is 43.2. The zero-order chi connectivity index (χ0) is 27.1. The summed E-state index contributed by atoms with van der Waals surface area (Å²) in [5, 5.41) is 10.2. The van der Waals surface area contributed by atoms with E-state index in [9.17, 15) is 5.11 Å². The number of fused-ring (bicyclic) bond motifs is 5. The molecule has 1 aliphatic heterocycles. The summed E-state index contributed by atoms with van der Waals surface area (Å²) in [6.45, 7) is 23.7. The maximum atomic E-state index is 10.2. The van der Waals surface area contributed by atoms with Gasteiger partial charge in [-0.25, -0.2) is 0 Å². The summed E-state index contributed by atoms with van der Waals surface area (Å²) in [7, 11) is 0. The van der Waals surface area contributed by atoms with Crippen molar-refractivity contribution in [2.45, 2.75) is 158 Å². The molecule has 10 atom stereocenters. The van der Waals surface area contributed by atoms with Gasteiger partial charge in [0.15, 0.2) is 0 Å². The van der Waals surface area contributed by atoms with E-state index in [2.05, 4.69) is 55.4 Å². The third-order valence-electron chi connectivity index (χ3n) is 11.2. The number of ether oxygens (including phenoxy) is 1. The second-order valence-electron chi connectivity index (χ2n) is 13.9. The van der Waals surface area contributed by atoms with Crippen molar-refractivity contribution in [1.82, 2.24) is 0 Å². The molecule has 5 aliphatic rings. The summed E-state index contributed by atoms with van der Waals surface area (Å²) in [4.78, 5) is 0. The van der Waals surface area contributed by atoms with E-state index in [4.69, 9.17) is 4.74 Å². The summed E-state index contributed by atoms with van der Waals surface area (Å²) in [6.07, 6.45) is 16.6. The Hall–Kier alpha value is -0.0800. The minimum Gasteiger partial charge on any atom is -0.393 e. The molecule has 10 unspecified atom stereocenters.